The zero-order chi connectivity index (χ0) is 39.3. The number of rotatable bonds is 6. The van der Waals surface area contributed by atoms with Gasteiger partial charge in [-0.05, 0) is 65.9 Å². The van der Waals surface area contributed by atoms with Crippen LogP contribution < -0.4 is 15.6 Å². The van der Waals surface area contributed by atoms with Crippen molar-refractivity contribution in [3.05, 3.63) is 122 Å². The predicted molar refractivity (Wildman–Crippen MR) is 174 cm³/mol. The number of aromatic nitrogens is 1. The number of halogens is 9. The number of carbonyl (C=O) groups is 2. The number of benzene rings is 3. The minimum Gasteiger partial charge on any atom is -0.488 e. The fourth-order valence-corrected chi connectivity index (χ4v) is 6.74. The highest BCUT2D eigenvalue weighted by atomic mass is 19.4. The molecule has 3 aromatic carbocycles. The number of likely N-dealkylation sites (tertiary alicyclic amines) is 1. The van der Waals surface area contributed by atoms with E-state index in [4.69, 9.17) is 4.74 Å². The van der Waals surface area contributed by atoms with Crippen LogP contribution in [-0.2, 0) is 35.0 Å². The number of carboxylic acids is 1. The van der Waals surface area contributed by atoms with E-state index in [1.54, 1.807) is 0 Å². The molecule has 1 amide bonds. The summed E-state index contributed by atoms with van der Waals surface area (Å²) in [5.41, 5.74) is -6.35. The number of aliphatic carboxylic acids is 1. The molecule has 2 atom stereocenters. The number of fused-ring (bicyclic) bond motifs is 6. The predicted octanol–water partition coefficient (Wildman–Crippen LogP) is 7.15. The Labute approximate surface area is 300 Å². The van der Waals surface area contributed by atoms with Crippen LogP contribution in [0.5, 0.6) is 5.75 Å². The van der Waals surface area contributed by atoms with E-state index < -0.39 is 107 Å². The summed E-state index contributed by atoms with van der Waals surface area (Å²) in [5.74, 6) is -6.24. The molecule has 4 bridgehead atoms. The zero-order valence-electron chi connectivity index (χ0n) is 28.1. The standard InChI is InChI=1S/C37H30F9N3O5/c1-18-3-2-4-29-32(18)21-10-24(33(40)26(11-21)37(44,45)46)28(13-31(51)52)47-35(53)34(23-9-19(17-54-29)5-6-27(23)39)49-14-20(7-8-48-15-22(38)16-48)25(12-30(49)50)36(41,42)43/h2-6,9-12,14,22,28,34H,7-8,13,15-17H2,1H3,(H,47,53)(H,51,52)/t28-,34+/m0/s1. The third-order valence-electron chi connectivity index (χ3n) is 9.35. The summed E-state index contributed by atoms with van der Waals surface area (Å²) in [6, 6.07) is 5.03. The largest absolute Gasteiger partial charge is 0.488 e. The van der Waals surface area contributed by atoms with Gasteiger partial charge in [-0.25, -0.2) is 13.2 Å². The number of aryl methyl sites for hydroxylation is 1. The zero-order valence-corrected chi connectivity index (χ0v) is 28.1. The Morgan fingerprint density at radius 3 is 2.30 bits per heavy atom. The van der Waals surface area contributed by atoms with Gasteiger partial charge in [0.25, 0.3) is 5.56 Å². The molecule has 0 radical (unpaired) electrons. The third kappa shape index (κ3) is 7.81. The number of hydrogen-bond donors (Lipinski definition) is 2. The minimum absolute atomic E-state index is 0.00358. The summed E-state index contributed by atoms with van der Waals surface area (Å²) in [4.78, 5) is 41.4. The fourth-order valence-electron chi connectivity index (χ4n) is 6.74. The van der Waals surface area contributed by atoms with E-state index in [-0.39, 0.29) is 48.1 Å². The molecule has 2 N–H and O–H groups in total. The van der Waals surface area contributed by atoms with Gasteiger partial charge in [0.2, 0.25) is 5.91 Å². The number of pyridine rings is 1. The first-order chi connectivity index (χ1) is 25.3. The second-order valence-corrected chi connectivity index (χ2v) is 13.1. The first-order valence-electron chi connectivity index (χ1n) is 16.4. The number of nitrogens with one attached hydrogen (secondary N) is 1. The normalized spacial score (nSPS) is 18.2. The lowest BCUT2D eigenvalue weighted by atomic mass is 9.91. The Bertz CT molecular complexity index is 2180. The average Bonchev–Trinajstić information content (AvgIpc) is 3.06. The van der Waals surface area contributed by atoms with E-state index in [2.05, 4.69) is 5.32 Å². The second-order valence-electron chi connectivity index (χ2n) is 13.1. The molecular weight excluding hydrogens is 737 g/mol. The van der Waals surface area contributed by atoms with Crippen LogP contribution in [0, 0.1) is 18.6 Å². The monoisotopic (exact) mass is 767 g/mol. The van der Waals surface area contributed by atoms with Crippen molar-refractivity contribution in [2.45, 2.75) is 57.0 Å². The molecule has 54 heavy (non-hydrogen) atoms. The van der Waals surface area contributed by atoms with Gasteiger partial charge in [0.1, 0.15) is 36.2 Å². The average molecular weight is 768 g/mol. The lowest BCUT2D eigenvalue weighted by Gasteiger charge is -2.34. The molecule has 17 heteroatoms. The number of hydrogen-bond acceptors (Lipinski definition) is 5. The molecule has 1 aromatic heterocycles. The SMILES string of the molecule is Cc1cccc2c1-c1cc(c(F)c(C(F)(F)F)c1)[C@H](CC(=O)O)NC(=O)[C@H](n1cc(CCN3CC(F)C3)c(C(F)(F)F)cc1=O)c1cc(ccc1F)CO2. The first kappa shape index (κ1) is 38.4. The Hall–Kier alpha value is -5.32. The molecule has 2 aliphatic heterocycles. The van der Waals surface area contributed by atoms with Gasteiger partial charge in [-0.2, -0.15) is 26.3 Å². The van der Waals surface area contributed by atoms with E-state index in [9.17, 15) is 50.2 Å². The lowest BCUT2D eigenvalue weighted by Crippen LogP contribution is -2.49. The van der Waals surface area contributed by atoms with Gasteiger partial charge < -0.3 is 15.2 Å². The quantitative estimate of drug-likeness (QED) is 0.202. The summed E-state index contributed by atoms with van der Waals surface area (Å²) < 4.78 is 137. The van der Waals surface area contributed by atoms with Crippen molar-refractivity contribution in [3.8, 4) is 16.9 Å². The highest BCUT2D eigenvalue weighted by Crippen LogP contribution is 2.42. The molecule has 0 spiro atoms. The van der Waals surface area contributed by atoms with Gasteiger partial charge in [-0.15, -0.1) is 0 Å². The number of nitrogens with zero attached hydrogens (tertiary/aromatic N) is 2. The van der Waals surface area contributed by atoms with Crippen LogP contribution in [0.3, 0.4) is 0 Å². The number of ether oxygens (including phenoxy) is 1. The second kappa shape index (κ2) is 14.5. The van der Waals surface area contributed by atoms with Crippen LogP contribution in [0.1, 0.15) is 57.4 Å². The molecule has 4 aromatic rings. The summed E-state index contributed by atoms with van der Waals surface area (Å²) in [7, 11) is 0. The molecule has 8 nitrogen and oxygen atoms in total. The van der Waals surface area contributed by atoms with Gasteiger partial charge in [0.15, 0.2) is 0 Å². The van der Waals surface area contributed by atoms with Crippen molar-refractivity contribution in [1.29, 1.82) is 0 Å². The van der Waals surface area contributed by atoms with Crippen molar-refractivity contribution >= 4 is 11.9 Å². The molecule has 0 aliphatic carbocycles. The van der Waals surface area contributed by atoms with Gasteiger partial charge in [-0.3, -0.25) is 23.9 Å². The maximum atomic E-state index is 16.0. The van der Waals surface area contributed by atoms with E-state index in [1.807, 2.05) is 0 Å². The van der Waals surface area contributed by atoms with Crippen LogP contribution in [0.2, 0.25) is 0 Å². The van der Waals surface area contributed by atoms with Crippen LogP contribution in [0.25, 0.3) is 11.1 Å². The minimum atomic E-state index is -5.32. The molecule has 6 rings (SSSR count). The fraction of sp³-hybridized carbons (Fsp3) is 0.324. The van der Waals surface area contributed by atoms with Gasteiger partial charge >= 0.3 is 18.3 Å². The molecular formula is C37H30F9N3O5. The molecule has 1 saturated heterocycles. The molecule has 0 saturated carbocycles. The van der Waals surface area contributed by atoms with Crippen LogP contribution >= 0.6 is 0 Å². The smallest absolute Gasteiger partial charge is 0.419 e. The highest BCUT2D eigenvalue weighted by Gasteiger charge is 2.40. The topological polar surface area (TPSA) is 101 Å². The summed E-state index contributed by atoms with van der Waals surface area (Å²) in [6.45, 7) is 0.969. The molecule has 2 aliphatic rings. The number of amides is 1. The Kier molecular flexibility index (Phi) is 10.3. The summed E-state index contributed by atoms with van der Waals surface area (Å²) >= 11 is 0. The Morgan fingerprint density at radius 1 is 0.944 bits per heavy atom. The molecule has 0 unspecified atom stereocenters. The van der Waals surface area contributed by atoms with Crippen LogP contribution in [0.15, 0.2) is 65.6 Å². The Morgan fingerprint density at radius 2 is 1.65 bits per heavy atom. The third-order valence-corrected chi connectivity index (χ3v) is 9.35. The number of carboxylic acid groups (broad SMARTS) is 1. The first-order valence-corrected chi connectivity index (χ1v) is 16.4. The maximum Gasteiger partial charge on any atom is 0.419 e. The number of carbonyl (C=O) groups excluding carboxylic acids is 1. The van der Waals surface area contributed by atoms with E-state index in [0.29, 0.717) is 22.4 Å². The van der Waals surface area contributed by atoms with E-state index >= 15 is 8.78 Å². The highest BCUT2D eigenvalue weighted by molar-refractivity contribution is 5.85. The number of alkyl halides is 7. The molecule has 3 heterocycles. The van der Waals surface area contributed by atoms with Crippen molar-refractivity contribution in [3.63, 3.8) is 0 Å². The summed E-state index contributed by atoms with van der Waals surface area (Å²) in [5, 5.41) is 11.9. The van der Waals surface area contributed by atoms with Crippen molar-refractivity contribution < 1.29 is 58.9 Å². The van der Waals surface area contributed by atoms with Crippen LogP contribution in [-0.4, -0.2) is 52.3 Å². The Balaban J connectivity index is 1.59. The lowest BCUT2D eigenvalue weighted by molar-refractivity contribution is -0.140. The van der Waals surface area contributed by atoms with Gasteiger partial charge in [-0.1, -0.05) is 18.2 Å². The summed E-state index contributed by atoms with van der Waals surface area (Å²) in [6.07, 6.45) is -12.5. The molecule has 286 valence electrons. The van der Waals surface area contributed by atoms with E-state index in [1.165, 1.54) is 36.1 Å². The van der Waals surface area contributed by atoms with E-state index in [0.717, 1.165) is 18.2 Å². The van der Waals surface area contributed by atoms with Crippen LogP contribution in [0.4, 0.5) is 39.5 Å². The van der Waals surface area contributed by atoms with Crippen molar-refractivity contribution in [2.24, 2.45) is 0 Å². The van der Waals surface area contributed by atoms with Gasteiger partial charge in [0, 0.05) is 48.6 Å². The van der Waals surface area contributed by atoms with Crippen molar-refractivity contribution in [1.82, 2.24) is 14.8 Å². The maximum absolute atomic E-state index is 16.0. The van der Waals surface area contributed by atoms with Gasteiger partial charge in [0.05, 0.1) is 23.6 Å². The molecule has 1 fully saturated rings. The van der Waals surface area contributed by atoms with Crippen molar-refractivity contribution in [2.75, 3.05) is 19.6 Å².